The molecule has 9 heteroatoms. The topological polar surface area (TPSA) is 116 Å². The molecule has 3 rings (SSSR count). The SMILES string of the molecule is CC(C)(C)OC(=O)N1CCC(c2ccccc2)(c2nnn(CC(N)=O)n2)CC1. The van der Waals surface area contributed by atoms with E-state index in [1.54, 1.807) is 4.90 Å². The van der Waals surface area contributed by atoms with Crippen LogP contribution in [-0.4, -0.2) is 55.8 Å². The molecule has 28 heavy (non-hydrogen) atoms. The maximum atomic E-state index is 12.4. The van der Waals surface area contributed by atoms with E-state index in [1.807, 2.05) is 51.1 Å². The molecule has 0 atom stereocenters. The van der Waals surface area contributed by atoms with E-state index in [0.717, 1.165) is 5.56 Å². The standard InChI is InChI=1S/C19H26N6O3/c1-18(2,3)28-17(27)24-11-9-19(10-12-24,14-7-5-4-6-8-14)16-21-23-25(22-16)13-15(20)26/h4-8H,9-13H2,1-3H3,(H2,20,26). The van der Waals surface area contributed by atoms with Crippen LogP contribution in [0, 0.1) is 0 Å². The smallest absolute Gasteiger partial charge is 0.410 e. The normalized spacial score (nSPS) is 16.6. The van der Waals surface area contributed by atoms with Crippen LogP contribution in [0.25, 0.3) is 0 Å². The van der Waals surface area contributed by atoms with Crippen molar-refractivity contribution in [2.75, 3.05) is 13.1 Å². The third-order valence-corrected chi connectivity index (χ3v) is 4.77. The van der Waals surface area contributed by atoms with Crippen molar-refractivity contribution in [3.63, 3.8) is 0 Å². The van der Waals surface area contributed by atoms with Crippen molar-refractivity contribution in [2.24, 2.45) is 5.73 Å². The monoisotopic (exact) mass is 386 g/mol. The summed E-state index contributed by atoms with van der Waals surface area (Å²) in [6, 6.07) is 9.93. The van der Waals surface area contributed by atoms with E-state index >= 15 is 0 Å². The summed E-state index contributed by atoms with van der Waals surface area (Å²) in [7, 11) is 0. The number of aromatic nitrogens is 4. The molecule has 1 aromatic heterocycles. The van der Waals surface area contributed by atoms with Crippen molar-refractivity contribution >= 4 is 12.0 Å². The maximum absolute atomic E-state index is 12.4. The zero-order valence-corrected chi connectivity index (χ0v) is 16.5. The third-order valence-electron chi connectivity index (χ3n) is 4.77. The molecule has 150 valence electrons. The number of ether oxygens (including phenoxy) is 1. The number of piperidine rings is 1. The molecule has 0 aliphatic carbocycles. The second-order valence-electron chi connectivity index (χ2n) is 8.03. The number of likely N-dealkylation sites (tertiary alicyclic amines) is 1. The molecule has 2 N–H and O–H groups in total. The minimum absolute atomic E-state index is 0.123. The van der Waals surface area contributed by atoms with Crippen LogP contribution >= 0.6 is 0 Å². The lowest BCUT2D eigenvalue weighted by Gasteiger charge is -2.40. The number of carbonyl (C=O) groups is 2. The van der Waals surface area contributed by atoms with E-state index in [-0.39, 0.29) is 12.6 Å². The highest BCUT2D eigenvalue weighted by atomic mass is 16.6. The fourth-order valence-electron chi connectivity index (χ4n) is 3.44. The number of amides is 2. The molecule has 0 spiro atoms. The molecule has 1 aliphatic rings. The molecule has 2 amide bonds. The fourth-order valence-corrected chi connectivity index (χ4v) is 3.44. The molecule has 1 saturated heterocycles. The van der Waals surface area contributed by atoms with E-state index in [0.29, 0.717) is 31.8 Å². The van der Waals surface area contributed by atoms with Gasteiger partial charge in [-0.2, -0.15) is 4.80 Å². The zero-order chi connectivity index (χ0) is 20.4. The van der Waals surface area contributed by atoms with Gasteiger partial charge in [0, 0.05) is 13.1 Å². The van der Waals surface area contributed by atoms with Gasteiger partial charge in [-0.05, 0) is 44.4 Å². The van der Waals surface area contributed by atoms with Crippen LogP contribution in [-0.2, 0) is 21.5 Å². The Hall–Kier alpha value is -2.97. The molecule has 9 nitrogen and oxygen atoms in total. The van der Waals surface area contributed by atoms with Crippen LogP contribution < -0.4 is 5.73 Å². The number of nitrogens with zero attached hydrogens (tertiary/aromatic N) is 5. The maximum Gasteiger partial charge on any atom is 0.410 e. The van der Waals surface area contributed by atoms with Gasteiger partial charge in [-0.15, -0.1) is 10.2 Å². The molecule has 0 radical (unpaired) electrons. The van der Waals surface area contributed by atoms with E-state index in [1.165, 1.54) is 4.80 Å². The van der Waals surface area contributed by atoms with Gasteiger partial charge in [0.2, 0.25) is 5.91 Å². The zero-order valence-electron chi connectivity index (χ0n) is 16.5. The summed E-state index contributed by atoms with van der Waals surface area (Å²) in [5.41, 5.74) is 5.26. The molecule has 2 heterocycles. The van der Waals surface area contributed by atoms with Gasteiger partial charge in [0.05, 0.1) is 5.41 Å². The Bertz CT molecular complexity index is 835. The first kappa shape index (κ1) is 19.8. The van der Waals surface area contributed by atoms with Crippen LogP contribution in [0.3, 0.4) is 0 Å². The highest BCUT2D eigenvalue weighted by Crippen LogP contribution is 2.40. The minimum atomic E-state index is -0.538. The summed E-state index contributed by atoms with van der Waals surface area (Å²) in [6.07, 6.45) is 0.927. The van der Waals surface area contributed by atoms with E-state index < -0.39 is 16.9 Å². The van der Waals surface area contributed by atoms with Gasteiger partial charge in [0.25, 0.3) is 0 Å². The number of carbonyl (C=O) groups excluding carboxylic acids is 2. The first-order valence-electron chi connectivity index (χ1n) is 9.30. The average Bonchev–Trinajstić information content (AvgIpc) is 3.09. The fraction of sp³-hybridized carbons (Fsp3) is 0.526. The second kappa shape index (κ2) is 7.57. The number of hydrogen-bond acceptors (Lipinski definition) is 6. The lowest BCUT2D eigenvalue weighted by molar-refractivity contribution is -0.119. The molecule has 1 aromatic carbocycles. The molecule has 1 aliphatic heterocycles. The Morgan fingerprint density at radius 1 is 1.18 bits per heavy atom. The van der Waals surface area contributed by atoms with Crippen LogP contribution in [0.5, 0.6) is 0 Å². The van der Waals surface area contributed by atoms with Gasteiger partial charge in [-0.3, -0.25) is 4.79 Å². The number of hydrogen-bond donors (Lipinski definition) is 1. The Labute approximate surface area is 163 Å². The van der Waals surface area contributed by atoms with Crippen LogP contribution in [0.2, 0.25) is 0 Å². The number of benzene rings is 1. The number of rotatable bonds is 4. The van der Waals surface area contributed by atoms with E-state index in [2.05, 4.69) is 15.4 Å². The van der Waals surface area contributed by atoms with E-state index in [4.69, 9.17) is 10.5 Å². The first-order valence-corrected chi connectivity index (χ1v) is 9.30. The largest absolute Gasteiger partial charge is 0.444 e. The van der Waals surface area contributed by atoms with Crippen molar-refractivity contribution < 1.29 is 14.3 Å². The van der Waals surface area contributed by atoms with Crippen molar-refractivity contribution in [3.05, 3.63) is 41.7 Å². The van der Waals surface area contributed by atoms with Crippen molar-refractivity contribution in [1.82, 2.24) is 25.1 Å². The summed E-state index contributed by atoms with van der Waals surface area (Å²) >= 11 is 0. The highest BCUT2D eigenvalue weighted by molar-refractivity contribution is 5.73. The van der Waals surface area contributed by atoms with Gasteiger partial charge < -0.3 is 15.4 Å². The second-order valence-corrected chi connectivity index (χ2v) is 8.03. The van der Waals surface area contributed by atoms with Gasteiger partial charge in [-0.25, -0.2) is 4.79 Å². The summed E-state index contributed by atoms with van der Waals surface area (Å²) in [5.74, 6) is 0.00115. The molecule has 0 bridgehead atoms. The third kappa shape index (κ3) is 4.29. The quantitative estimate of drug-likeness (QED) is 0.851. The van der Waals surface area contributed by atoms with Crippen LogP contribution in [0.4, 0.5) is 4.79 Å². The number of primary amides is 1. The van der Waals surface area contributed by atoms with Gasteiger partial charge in [-0.1, -0.05) is 30.3 Å². The van der Waals surface area contributed by atoms with Crippen molar-refractivity contribution in [2.45, 2.75) is 51.2 Å². The van der Waals surface area contributed by atoms with Gasteiger partial charge >= 0.3 is 6.09 Å². The molecule has 1 fully saturated rings. The Kier molecular flexibility index (Phi) is 5.35. The summed E-state index contributed by atoms with van der Waals surface area (Å²) in [4.78, 5) is 26.5. The van der Waals surface area contributed by atoms with Gasteiger partial charge in [0.15, 0.2) is 5.82 Å². The molecule has 2 aromatic rings. The summed E-state index contributed by atoms with van der Waals surface area (Å²) in [6.45, 7) is 6.45. The average molecular weight is 386 g/mol. The Balaban J connectivity index is 1.86. The highest BCUT2D eigenvalue weighted by Gasteiger charge is 2.43. The Morgan fingerprint density at radius 2 is 1.82 bits per heavy atom. The molecule has 0 unspecified atom stereocenters. The first-order chi connectivity index (χ1) is 13.2. The lowest BCUT2D eigenvalue weighted by atomic mass is 9.72. The van der Waals surface area contributed by atoms with Crippen molar-refractivity contribution in [3.8, 4) is 0 Å². The summed E-state index contributed by atoms with van der Waals surface area (Å²) < 4.78 is 5.49. The van der Waals surface area contributed by atoms with Gasteiger partial charge in [0.1, 0.15) is 12.1 Å². The van der Waals surface area contributed by atoms with Crippen LogP contribution in [0.1, 0.15) is 45.0 Å². The summed E-state index contributed by atoms with van der Waals surface area (Å²) in [5, 5.41) is 12.6. The number of tetrazole rings is 1. The predicted octanol–water partition coefficient (Wildman–Crippen LogP) is 1.48. The molecular formula is C19H26N6O3. The number of nitrogens with two attached hydrogens (primary N) is 1. The molecule has 0 saturated carbocycles. The molecular weight excluding hydrogens is 360 g/mol. The van der Waals surface area contributed by atoms with Crippen LogP contribution in [0.15, 0.2) is 30.3 Å². The Morgan fingerprint density at radius 3 is 2.39 bits per heavy atom. The van der Waals surface area contributed by atoms with Crippen molar-refractivity contribution in [1.29, 1.82) is 0 Å². The minimum Gasteiger partial charge on any atom is -0.444 e. The van der Waals surface area contributed by atoms with E-state index in [9.17, 15) is 9.59 Å². The lowest BCUT2D eigenvalue weighted by Crippen LogP contribution is -2.47. The predicted molar refractivity (Wildman–Crippen MR) is 101 cm³/mol.